The van der Waals surface area contributed by atoms with E-state index in [-0.39, 0.29) is 17.6 Å². The fourth-order valence-electron chi connectivity index (χ4n) is 3.33. The van der Waals surface area contributed by atoms with E-state index in [4.69, 9.17) is 0 Å². The Bertz CT molecular complexity index is 876. The van der Waals surface area contributed by atoms with Crippen LogP contribution in [0.15, 0.2) is 48.8 Å². The number of likely N-dealkylation sites (tertiary alicyclic amines) is 1. The predicted octanol–water partition coefficient (Wildman–Crippen LogP) is 2.36. The first-order chi connectivity index (χ1) is 12.9. The SMILES string of the molecule is Cc1cccc(CS(=O)(=O)NCC2CCN(C(=O)c3cccnc3)CC2)c1. The number of aromatic nitrogens is 1. The summed E-state index contributed by atoms with van der Waals surface area (Å²) in [6.45, 7) is 3.64. The van der Waals surface area contributed by atoms with Crippen LogP contribution in [0.25, 0.3) is 0 Å². The number of hydrogen-bond acceptors (Lipinski definition) is 4. The van der Waals surface area contributed by atoms with Gasteiger partial charge in [-0.15, -0.1) is 0 Å². The molecule has 6 nitrogen and oxygen atoms in total. The van der Waals surface area contributed by atoms with Gasteiger partial charge in [0.2, 0.25) is 10.0 Å². The van der Waals surface area contributed by atoms with Gasteiger partial charge in [-0.25, -0.2) is 13.1 Å². The highest BCUT2D eigenvalue weighted by Crippen LogP contribution is 2.19. The molecule has 0 atom stereocenters. The number of aryl methyl sites for hydroxylation is 1. The van der Waals surface area contributed by atoms with Crippen molar-refractivity contribution in [2.45, 2.75) is 25.5 Å². The number of nitrogens with one attached hydrogen (secondary N) is 1. The van der Waals surface area contributed by atoms with Crippen molar-refractivity contribution >= 4 is 15.9 Å². The third-order valence-corrected chi connectivity index (χ3v) is 6.16. The van der Waals surface area contributed by atoms with Crippen molar-refractivity contribution in [2.24, 2.45) is 5.92 Å². The smallest absolute Gasteiger partial charge is 0.255 e. The third kappa shape index (κ3) is 5.61. The molecule has 1 aliphatic rings. The molecule has 0 unspecified atom stereocenters. The normalized spacial score (nSPS) is 15.7. The molecule has 0 aliphatic carbocycles. The molecule has 7 heteroatoms. The van der Waals surface area contributed by atoms with Gasteiger partial charge in [0, 0.05) is 32.0 Å². The highest BCUT2D eigenvalue weighted by Gasteiger charge is 2.24. The summed E-state index contributed by atoms with van der Waals surface area (Å²) in [5.74, 6) is 0.226. The molecule has 1 aromatic heterocycles. The van der Waals surface area contributed by atoms with Gasteiger partial charge >= 0.3 is 0 Å². The minimum atomic E-state index is -3.36. The van der Waals surface area contributed by atoms with Gasteiger partial charge in [-0.1, -0.05) is 29.8 Å². The van der Waals surface area contributed by atoms with Crippen LogP contribution in [0.2, 0.25) is 0 Å². The maximum Gasteiger partial charge on any atom is 0.255 e. The van der Waals surface area contributed by atoms with E-state index in [1.54, 1.807) is 24.5 Å². The molecule has 1 fully saturated rings. The zero-order valence-electron chi connectivity index (χ0n) is 15.5. The molecule has 1 saturated heterocycles. The summed E-state index contributed by atoms with van der Waals surface area (Å²) in [7, 11) is -3.36. The highest BCUT2D eigenvalue weighted by molar-refractivity contribution is 7.88. The Hall–Kier alpha value is -2.25. The number of pyridine rings is 1. The average molecular weight is 388 g/mol. The van der Waals surface area contributed by atoms with Gasteiger partial charge in [-0.2, -0.15) is 0 Å². The average Bonchev–Trinajstić information content (AvgIpc) is 2.67. The second kappa shape index (κ2) is 8.63. The zero-order valence-corrected chi connectivity index (χ0v) is 16.3. The van der Waals surface area contributed by atoms with Crippen LogP contribution in [0.5, 0.6) is 0 Å². The summed E-state index contributed by atoms with van der Waals surface area (Å²) < 4.78 is 27.4. The van der Waals surface area contributed by atoms with E-state index in [0.29, 0.717) is 25.2 Å². The lowest BCUT2D eigenvalue weighted by Gasteiger charge is -2.32. The first-order valence-electron chi connectivity index (χ1n) is 9.15. The van der Waals surface area contributed by atoms with Gasteiger partial charge in [0.05, 0.1) is 11.3 Å². The van der Waals surface area contributed by atoms with E-state index in [1.165, 1.54) is 0 Å². The zero-order chi connectivity index (χ0) is 19.3. The summed E-state index contributed by atoms with van der Waals surface area (Å²) in [6.07, 6.45) is 4.80. The van der Waals surface area contributed by atoms with Crippen LogP contribution in [-0.4, -0.2) is 43.8 Å². The summed E-state index contributed by atoms with van der Waals surface area (Å²) in [6, 6.07) is 11.1. The van der Waals surface area contributed by atoms with E-state index in [9.17, 15) is 13.2 Å². The van der Waals surface area contributed by atoms with Crippen LogP contribution in [0, 0.1) is 12.8 Å². The number of sulfonamides is 1. The van der Waals surface area contributed by atoms with Gasteiger partial charge < -0.3 is 4.90 Å². The van der Waals surface area contributed by atoms with Crippen molar-refractivity contribution < 1.29 is 13.2 Å². The van der Waals surface area contributed by atoms with Gasteiger partial charge in [0.1, 0.15) is 0 Å². The molecule has 0 saturated carbocycles. The molecule has 2 heterocycles. The van der Waals surface area contributed by atoms with E-state index in [1.807, 2.05) is 36.1 Å². The summed E-state index contributed by atoms with van der Waals surface area (Å²) in [5.41, 5.74) is 2.43. The van der Waals surface area contributed by atoms with Crippen LogP contribution < -0.4 is 4.72 Å². The first-order valence-corrected chi connectivity index (χ1v) is 10.8. The van der Waals surface area contributed by atoms with Crippen LogP contribution in [0.1, 0.15) is 34.3 Å². The topological polar surface area (TPSA) is 79.4 Å². The van der Waals surface area contributed by atoms with Crippen LogP contribution in [0.4, 0.5) is 0 Å². The van der Waals surface area contributed by atoms with Gasteiger partial charge in [0.25, 0.3) is 5.91 Å². The Morgan fingerprint density at radius 3 is 2.67 bits per heavy atom. The molecule has 2 aromatic rings. The van der Waals surface area contributed by atoms with Gasteiger partial charge in [-0.05, 0) is 43.4 Å². The van der Waals surface area contributed by atoms with Crippen molar-refractivity contribution in [3.63, 3.8) is 0 Å². The van der Waals surface area contributed by atoms with Crippen molar-refractivity contribution in [1.29, 1.82) is 0 Å². The van der Waals surface area contributed by atoms with Crippen molar-refractivity contribution in [3.05, 3.63) is 65.5 Å². The minimum absolute atomic E-state index is 0.00693. The van der Waals surface area contributed by atoms with Crippen LogP contribution in [0.3, 0.4) is 0 Å². The molecule has 3 rings (SSSR count). The molecule has 1 aliphatic heterocycles. The Balaban J connectivity index is 1.47. The third-order valence-electron chi connectivity index (χ3n) is 4.84. The van der Waals surface area contributed by atoms with Gasteiger partial charge in [-0.3, -0.25) is 9.78 Å². The number of hydrogen-bond donors (Lipinski definition) is 1. The molecule has 0 bridgehead atoms. The maximum atomic E-state index is 12.4. The molecule has 1 N–H and O–H groups in total. The standard InChI is InChI=1S/C20H25N3O3S/c1-16-4-2-5-18(12-16)15-27(25,26)22-13-17-7-10-23(11-8-17)20(24)19-6-3-9-21-14-19/h2-6,9,12,14,17,22H,7-8,10-11,13,15H2,1H3. The van der Waals surface area contributed by atoms with Gasteiger partial charge in [0.15, 0.2) is 0 Å². The fraction of sp³-hybridized carbons (Fsp3) is 0.400. The Kier molecular flexibility index (Phi) is 6.23. The Labute approximate surface area is 160 Å². The molecular formula is C20H25N3O3S. The largest absolute Gasteiger partial charge is 0.339 e. The Morgan fingerprint density at radius 1 is 1.22 bits per heavy atom. The summed E-state index contributed by atoms with van der Waals surface area (Å²) >= 11 is 0. The molecule has 1 aromatic carbocycles. The number of piperidine rings is 1. The lowest BCUT2D eigenvalue weighted by atomic mass is 9.97. The lowest BCUT2D eigenvalue weighted by molar-refractivity contribution is 0.0691. The number of carbonyl (C=O) groups is 1. The van der Waals surface area contributed by atoms with E-state index in [0.717, 1.165) is 24.0 Å². The number of carbonyl (C=O) groups excluding carboxylic acids is 1. The molecule has 0 spiro atoms. The second-order valence-electron chi connectivity index (χ2n) is 7.07. The Morgan fingerprint density at radius 2 is 2.00 bits per heavy atom. The molecule has 27 heavy (non-hydrogen) atoms. The molecule has 144 valence electrons. The quantitative estimate of drug-likeness (QED) is 0.825. The number of amides is 1. The van der Waals surface area contributed by atoms with E-state index in [2.05, 4.69) is 9.71 Å². The highest BCUT2D eigenvalue weighted by atomic mass is 32.2. The van der Waals surface area contributed by atoms with E-state index < -0.39 is 10.0 Å². The molecular weight excluding hydrogens is 362 g/mol. The summed E-state index contributed by atoms with van der Waals surface area (Å²) in [4.78, 5) is 18.2. The fourth-order valence-corrected chi connectivity index (χ4v) is 4.54. The van der Waals surface area contributed by atoms with Crippen molar-refractivity contribution in [3.8, 4) is 0 Å². The lowest BCUT2D eigenvalue weighted by Crippen LogP contribution is -2.41. The van der Waals surface area contributed by atoms with Crippen LogP contribution in [-0.2, 0) is 15.8 Å². The molecule has 0 radical (unpaired) electrons. The van der Waals surface area contributed by atoms with Crippen molar-refractivity contribution in [2.75, 3.05) is 19.6 Å². The molecule has 1 amide bonds. The first kappa shape index (κ1) is 19.5. The van der Waals surface area contributed by atoms with E-state index >= 15 is 0 Å². The number of benzene rings is 1. The number of rotatable bonds is 6. The minimum Gasteiger partial charge on any atom is -0.339 e. The van der Waals surface area contributed by atoms with Crippen molar-refractivity contribution in [1.82, 2.24) is 14.6 Å². The second-order valence-corrected chi connectivity index (χ2v) is 8.88. The number of nitrogens with zero attached hydrogens (tertiary/aromatic N) is 2. The maximum absolute atomic E-state index is 12.4. The summed E-state index contributed by atoms with van der Waals surface area (Å²) in [5, 5.41) is 0. The van der Waals surface area contributed by atoms with Crippen LogP contribution >= 0.6 is 0 Å². The predicted molar refractivity (Wildman–Crippen MR) is 105 cm³/mol. The monoisotopic (exact) mass is 387 g/mol.